The number of nitrogens with one attached hydrogen (secondary N) is 2. The Morgan fingerprint density at radius 1 is 1.30 bits per heavy atom. The minimum atomic E-state index is -0.857. The summed E-state index contributed by atoms with van der Waals surface area (Å²) in [6.07, 6.45) is 1.22. The number of amides is 2. The van der Waals surface area contributed by atoms with Crippen molar-refractivity contribution in [3.05, 3.63) is 29.8 Å². The monoisotopic (exact) mass is 278 g/mol. The number of hydrogen-bond acceptors (Lipinski definition) is 3. The zero-order valence-corrected chi connectivity index (χ0v) is 11.1. The molecule has 1 aliphatic heterocycles. The van der Waals surface area contributed by atoms with Crippen molar-refractivity contribution < 1.29 is 19.4 Å². The number of carboxylic acid groups (broad SMARTS) is 1. The van der Waals surface area contributed by atoms with E-state index in [1.54, 1.807) is 0 Å². The molecule has 20 heavy (non-hydrogen) atoms. The Labute approximate surface area is 117 Å². The number of carbonyl (C=O) groups excluding carboxylic acids is 1. The van der Waals surface area contributed by atoms with E-state index in [0.29, 0.717) is 19.5 Å². The molecule has 0 radical (unpaired) electrons. The molecule has 1 aromatic rings. The molecule has 0 saturated heterocycles. The lowest BCUT2D eigenvalue weighted by Gasteiger charge is -2.12. The van der Waals surface area contributed by atoms with Crippen molar-refractivity contribution in [2.45, 2.75) is 25.4 Å². The number of rotatable bonds is 6. The molecule has 0 spiro atoms. The van der Waals surface area contributed by atoms with Gasteiger partial charge in [0.15, 0.2) is 0 Å². The van der Waals surface area contributed by atoms with Crippen LogP contribution < -0.4 is 15.4 Å². The van der Waals surface area contributed by atoms with Crippen LogP contribution in [0.5, 0.6) is 5.75 Å². The molecule has 1 heterocycles. The Morgan fingerprint density at radius 2 is 2.10 bits per heavy atom. The second-order valence-electron chi connectivity index (χ2n) is 4.69. The lowest BCUT2D eigenvalue weighted by molar-refractivity contribution is -0.137. The van der Waals surface area contributed by atoms with E-state index < -0.39 is 5.97 Å². The van der Waals surface area contributed by atoms with Gasteiger partial charge in [0.25, 0.3) is 0 Å². The maximum atomic E-state index is 11.5. The summed E-state index contributed by atoms with van der Waals surface area (Å²) < 4.78 is 5.69. The average Bonchev–Trinajstić information content (AvgIpc) is 2.84. The van der Waals surface area contributed by atoms with Gasteiger partial charge in [-0.25, -0.2) is 4.79 Å². The summed E-state index contributed by atoms with van der Waals surface area (Å²) in [6, 6.07) is 7.52. The molecule has 108 valence electrons. The van der Waals surface area contributed by atoms with Crippen molar-refractivity contribution in [3.63, 3.8) is 0 Å². The Morgan fingerprint density at radius 3 is 2.85 bits per heavy atom. The van der Waals surface area contributed by atoms with Gasteiger partial charge in [0.1, 0.15) is 11.9 Å². The van der Waals surface area contributed by atoms with Gasteiger partial charge in [0, 0.05) is 19.4 Å². The van der Waals surface area contributed by atoms with E-state index in [4.69, 9.17) is 9.84 Å². The normalized spacial score (nSPS) is 16.1. The predicted octanol–water partition coefficient (Wildman–Crippen LogP) is 1.15. The van der Waals surface area contributed by atoms with Crippen LogP contribution in [0.4, 0.5) is 4.79 Å². The molecular weight excluding hydrogens is 260 g/mol. The highest BCUT2D eigenvalue weighted by atomic mass is 16.5. The summed E-state index contributed by atoms with van der Waals surface area (Å²) in [6.45, 7) is 0.781. The largest absolute Gasteiger partial charge is 0.488 e. The SMILES string of the molecule is O=C(O)CCCNC(=O)NCC1Cc2ccccc2O1. The van der Waals surface area contributed by atoms with Crippen LogP contribution in [0.25, 0.3) is 0 Å². The zero-order valence-electron chi connectivity index (χ0n) is 11.1. The molecule has 0 bridgehead atoms. The molecule has 1 aromatic carbocycles. The summed E-state index contributed by atoms with van der Waals surface area (Å²) in [5.41, 5.74) is 1.15. The Hall–Kier alpha value is -2.24. The Bertz CT molecular complexity index is 465. The van der Waals surface area contributed by atoms with Crippen LogP contribution in [-0.2, 0) is 11.2 Å². The number of urea groups is 1. The number of aliphatic carboxylic acids is 1. The third kappa shape index (κ3) is 4.15. The molecule has 2 amide bonds. The number of carboxylic acids is 1. The molecule has 6 nitrogen and oxygen atoms in total. The van der Waals surface area contributed by atoms with E-state index in [2.05, 4.69) is 10.6 Å². The first-order valence-electron chi connectivity index (χ1n) is 6.63. The second-order valence-corrected chi connectivity index (χ2v) is 4.69. The van der Waals surface area contributed by atoms with Gasteiger partial charge in [0.05, 0.1) is 6.54 Å². The number of hydrogen-bond donors (Lipinski definition) is 3. The number of ether oxygens (including phenoxy) is 1. The molecular formula is C14H18N2O4. The van der Waals surface area contributed by atoms with Gasteiger partial charge >= 0.3 is 12.0 Å². The van der Waals surface area contributed by atoms with Crippen molar-refractivity contribution in [2.75, 3.05) is 13.1 Å². The first-order chi connectivity index (χ1) is 9.65. The van der Waals surface area contributed by atoms with E-state index >= 15 is 0 Å². The van der Waals surface area contributed by atoms with Crippen LogP contribution >= 0.6 is 0 Å². The van der Waals surface area contributed by atoms with Crippen LogP contribution in [0.1, 0.15) is 18.4 Å². The van der Waals surface area contributed by atoms with Crippen LogP contribution in [0.2, 0.25) is 0 Å². The van der Waals surface area contributed by atoms with Gasteiger partial charge in [-0.2, -0.15) is 0 Å². The minimum Gasteiger partial charge on any atom is -0.488 e. The molecule has 0 aliphatic carbocycles. The van der Waals surface area contributed by atoms with Gasteiger partial charge in [-0.05, 0) is 18.1 Å². The van der Waals surface area contributed by atoms with E-state index in [9.17, 15) is 9.59 Å². The van der Waals surface area contributed by atoms with E-state index in [1.165, 1.54) is 0 Å². The maximum absolute atomic E-state index is 11.5. The fourth-order valence-electron chi connectivity index (χ4n) is 2.08. The van der Waals surface area contributed by atoms with Gasteiger partial charge in [-0.15, -0.1) is 0 Å². The zero-order chi connectivity index (χ0) is 14.4. The molecule has 0 saturated carbocycles. The third-order valence-electron chi connectivity index (χ3n) is 3.06. The summed E-state index contributed by atoms with van der Waals surface area (Å²) in [7, 11) is 0. The average molecular weight is 278 g/mol. The van der Waals surface area contributed by atoms with Crippen LogP contribution in [0.3, 0.4) is 0 Å². The third-order valence-corrected chi connectivity index (χ3v) is 3.06. The fraction of sp³-hybridized carbons (Fsp3) is 0.429. The van der Waals surface area contributed by atoms with Gasteiger partial charge in [0.2, 0.25) is 0 Å². The summed E-state index contributed by atoms with van der Waals surface area (Å²) in [4.78, 5) is 21.8. The van der Waals surface area contributed by atoms with Crippen molar-refractivity contribution >= 4 is 12.0 Å². The molecule has 3 N–H and O–H groups in total. The molecule has 1 aliphatic rings. The molecule has 0 aromatic heterocycles. The standard InChI is InChI=1S/C14H18N2O4/c17-13(18)6-3-7-15-14(19)16-9-11-8-10-4-1-2-5-12(10)20-11/h1-2,4-5,11H,3,6-9H2,(H,17,18)(H2,15,16,19). The number of fused-ring (bicyclic) bond motifs is 1. The molecule has 1 atom stereocenters. The van der Waals surface area contributed by atoms with Crippen LogP contribution in [-0.4, -0.2) is 36.3 Å². The highest BCUT2D eigenvalue weighted by Crippen LogP contribution is 2.27. The number of benzene rings is 1. The molecule has 6 heteroatoms. The van der Waals surface area contributed by atoms with Crippen molar-refractivity contribution in [2.24, 2.45) is 0 Å². The smallest absolute Gasteiger partial charge is 0.314 e. The lowest BCUT2D eigenvalue weighted by atomic mass is 10.1. The highest BCUT2D eigenvalue weighted by Gasteiger charge is 2.22. The first-order valence-corrected chi connectivity index (χ1v) is 6.63. The topological polar surface area (TPSA) is 87.7 Å². The summed E-state index contributed by atoms with van der Waals surface area (Å²) in [5, 5.41) is 13.8. The number of carbonyl (C=O) groups is 2. The Balaban J connectivity index is 1.62. The summed E-state index contributed by atoms with van der Waals surface area (Å²) >= 11 is 0. The highest BCUT2D eigenvalue weighted by molar-refractivity contribution is 5.74. The lowest BCUT2D eigenvalue weighted by Crippen LogP contribution is -2.41. The van der Waals surface area contributed by atoms with E-state index in [-0.39, 0.29) is 18.6 Å². The van der Waals surface area contributed by atoms with Gasteiger partial charge in [-0.1, -0.05) is 18.2 Å². The Kier molecular flexibility index (Phi) is 4.81. The van der Waals surface area contributed by atoms with Gasteiger partial charge in [-0.3, -0.25) is 4.79 Å². The molecule has 0 fully saturated rings. The second kappa shape index (κ2) is 6.79. The van der Waals surface area contributed by atoms with Crippen LogP contribution in [0.15, 0.2) is 24.3 Å². The van der Waals surface area contributed by atoms with Crippen LogP contribution in [0, 0.1) is 0 Å². The fourth-order valence-corrected chi connectivity index (χ4v) is 2.08. The molecule has 2 rings (SSSR count). The van der Waals surface area contributed by atoms with Crippen molar-refractivity contribution in [3.8, 4) is 5.75 Å². The van der Waals surface area contributed by atoms with Crippen molar-refractivity contribution in [1.82, 2.24) is 10.6 Å². The van der Waals surface area contributed by atoms with E-state index in [1.807, 2.05) is 24.3 Å². The maximum Gasteiger partial charge on any atom is 0.314 e. The number of para-hydroxylation sites is 1. The minimum absolute atomic E-state index is 0.0443. The quantitative estimate of drug-likeness (QED) is 0.681. The van der Waals surface area contributed by atoms with Crippen molar-refractivity contribution in [1.29, 1.82) is 0 Å². The predicted molar refractivity (Wildman–Crippen MR) is 72.8 cm³/mol. The van der Waals surface area contributed by atoms with Gasteiger partial charge < -0.3 is 20.5 Å². The molecule has 1 unspecified atom stereocenters. The van der Waals surface area contributed by atoms with E-state index in [0.717, 1.165) is 17.7 Å². The summed E-state index contributed by atoms with van der Waals surface area (Å²) in [5.74, 6) is 0.0190. The first kappa shape index (κ1) is 14.2.